The summed E-state index contributed by atoms with van der Waals surface area (Å²) in [5.74, 6) is -7.84. The van der Waals surface area contributed by atoms with Gasteiger partial charge >= 0.3 is 18.3 Å². The molecule has 37 heavy (non-hydrogen) atoms. The molecule has 17 heteroatoms. The van der Waals surface area contributed by atoms with Gasteiger partial charge in [0.2, 0.25) is 11.7 Å². The van der Waals surface area contributed by atoms with E-state index in [4.69, 9.17) is 15.6 Å². The van der Waals surface area contributed by atoms with Gasteiger partial charge in [-0.2, -0.15) is 26.3 Å². The summed E-state index contributed by atoms with van der Waals surface area (Å²) in [5, 5.41) is 14.0. The third kappa shape index (κ3) is 7.33. The van der Waals surface area contributed by atoms with Crippen LogP contribution < -0.4 is 5.73 Å². The van der Waals surface area contributed by atoms with Crippen LogP contribution in [0.25, 0.3) is 0 Å². The average Bonchev–Trinajstić information content (AvgIpc) is 3.21. The highest BCUT2D eigenvalue weighted by molar-refractivity contribution is 5.77. The molecule has 1 aromatic carbocycles. The highest BCUT2D eigenvalue weighted by Gasteiger charge is 2.42. The summed E-state index contributed by atoms with van der Waals surface area (Å²) in [6.07, 6.45) is -9.91. The molecule has 0 unspecified atom stereocenters. The molecule has 0 saturated carbocycles. The predicted molar refractivity (Wildman–Crippen MR) is 106 cm³/mol. The molecule has 1 aliphatic heterocycles. The minimum atomic E-state index is -5.08. The number of aromatic nitrogens is 3. The lowest BCUT2D eigenvalue weighted by molar-refractivity contribution is -0.192. The first-order chi connectivity index (χ1) is 17.0. The van der Waals surface area contributed by atoms with Crippen LogP contribution in [-0.4, -0.2) is 55.4 Å². The van der Waals surface area contributed by atoms with Gasteiger partial charge in [0.1, 0.15) is 5.82 Å². The standard InChI is InChI=1S/C18H19F6N5O.C2HF3O2/c1-2-14-16-26-27-17(18(22,23)24)29(16)4-3-28(14)15(30)7-10(25)5-9-6-12(20)13(21)8-11(9)19;3-2(4,5)1(6)7/h6,8,10,14H,2-5,7,25H2,1H3;(H,6,7)/t10-,14-;/m1./s1. The van der Waals surface area contributed by atoms with Gasteiger partial charge in [0.15, 0.2) is 17.5 Å². The number of carbonyl (C=O) groups is 2. The van der Waals surface area contributed by atoms with Crippen molar-refractivity contribution in [3.63, 3.8) is 0 Å². The maximum Gasteiger partial charge on any atom is 0.490 e. The number of benzene rings is 1. The number of nitrogens with two attached hydrogens (primary N) is 1. The van der Waals surface area contributed by atoms with Crippen LogP contribution in [0.4, 0.5) is 39.5 Å². The number of amides is 1. The van der Waals surface area contributed by atoms with Crippen LogP contribution in [0.15, 0.2) is 12.1 Å². The summed E-state index contributed by atoms with van der Waals surface area (Å²) in [5.41, 5.74) is 5.73. The highest BCUT2D eigenvalue weighted by atomic mass is 19.4. The van der Waals surface area contributed by atoms with Crippen LogP contribution in [0.3, 0.4) is 0 Å². The SMILES string of the molecule is CC[C@@H]1c2nnc(C(F)(F)F)n2CCN1C(=O)C[C@H](N)Cc1cc(F)c(F)cc1F.O=C(O)C(F)(F)F. The third-order valence-corrected chi connectivity index (χ3v) is 5.23. The van der Waals surface area contributed by atoms with Crippen LogP contribution >= 0.6 is 0 Å². The number of nitrogens with zero attached hydrogens (tertiary/aromatic N) is 4. The molecule has 1 aliphatic rings. The minimum Gasteiger partial charge on any atom is -0.475 e. The number of carboxylic acid groups (broad SMARTS) is 1. The molecule has 0 spiro atoms. The first-order valence-corrected chi connectivity index (χ1v) is 10.5. The zero-order chi connectivity index (χ0) is 28.3. The molecule has 2 atom stereocenters. The first kappa shape index (κ1) is 29.9. The smallest absolute Gasteiger partial charge is 0.475 e. The molecule has 3 N–H and O–H groups in total. The Morgan fingerprint density at radius 2 is 1.62 bits per heavy atom. The van der Waals surface area contributed by atoms with E-state index >= 15 is 0 Å². The lowest BCUT2D eigenvalue weighted by atomic mass is 10.0. The molecule has 0 radical (unpaired) electrons. The summed E-state index contributed by atoms with van der Waals surface area (Å²) >= 11 is 0. The molecular formula is C20H20F9N5O3. The highest BCUT2D eigenvalue weighted by Crippen LogP contribution is 2.34. The van der Waals surface area contributed by atoms with Gasteiger partial charge in [0.25, 0.3) is 0 Å². The normalized spacial score (nSPS) is 16.5. The van der Waals surface area contributed by atoms with E-state index in [1.54, 1.807) is 6.92 Å². The number of carbonyl (C=O) groups excluding carboxylic acids is 1. The van der Waals surface area contributed by atoms with Crippen molar-refractivity contribution in [2.45, 2.75) is 57.2 Å². The van der Waals surface area contributed by atoms with Crippen molar-refractivity contribution in [1.29, 1.82) is 0 Å². The molecule has 0 saturated heterocycles. The van der Waals surface area contributed by atoms with Crippen molar-refractivity contribution in [1.82, 2.24) is 19.7 Å². The van der Waals surface area contributed by atoms with Crippen molar-refractivity contribution < 1.29 is 54.2 Å². The molecule has 0 fully saturated rings. The molecule has 2 heterocycles. The van der Waals surface area contributed by atoms with Crippen LogP contribution in [0.1, 0.15) is 43.0 Å². The fraction of sp³-hybridized carbons (Fsp3) is 0.500. The molecule has 0 bridgehead atoms. The van der Waals surface area contributed by atoms with Gasteiger partial charge in [-0.3, -0.25) is 4.79 Å². The van der Waals surface area contributed by atoms with E-state index in [0.717, 1.165) is 4.57 Å². The van der Waals surface area contributed by atoms with Crippen molar-refractivity contribution in [2.75, 3.05) is 6.54 Å². The van der Waals surface area contributed by atoms with Gasteiger partial charge in [0.05, 0.1) is 6.04 Å². The van der Waals surface area contributed by atoms with E-state index in [2.05, 4.69) is 10.2 Å². The second-order valence-corrected chi connectivity index (χ2v) is 7.87. The van der Waals surface area contributed by atoms with Crippen LogP contribution in [0, 0.1) is 17.5 Å². The summed E-state index contributed by atoms with van der Waals surface area (Å²) in [7, 11) is 0. The summed E-state index contributed by atoms with van der Waals surface area (Å²) in [4.78, 5) is 23.0. The summed E-state index contributed by atoms with van der Waals surface area (Å²) < 4.78 is 112. The minimum absolute atomic E-state index is 0.00226. The van der Waals surface area contributed by atoms with E-state index < -0.39 is 59.6 Å². The number of rotatable bonds is 5. The first-order valence-electron chi connectivity index (χ1n) is 10.5. The van der Waals surface area contributed by atoms with E-state index in [-0.39, 0.29) is 37.3 Å². The lowest BCUT2D eigenvalue weighted by Gasteiger charge is -2.36. The van der Waals surface area contributed by atoms with Gasteiger partial charge in [-0.25, -0.2) is 18.0 Å². The van der Waals surface area contributed by atoms with Gasteiger partial charge in [-0.05, 0) is 24.5 Å². The molecule has 1 aromatic heterocycles. The van der Waals surface area contributed by atoms with Gasteiger partial charge in [0, 0.05) is 31.6 Å². The number of alkyl halides is 6. The fourth-order valence-corrected chi connectivity index (χ4v) is 3.61. The van der Waals surface area contributed by atoms with Crippen molar-refractivity contribution in [3.8, 4) is 0 Å². The zero-order valence-corrected chi connectivity index (χ0v) is 18.9. The molecule has 2 aromatic rings. The molecular weight excluding hydrogens is 529 g/mol. The second kappa shape index (κ2) is 11.4. The molecule has 8 nitrogen and oxygen atoms in total. The Morgan fingerprint density at radius 1 is 1.05 bits per heavy atom. The number of hydrogen-bond acceptors (Lipinski definition) is 5. The van der Waals surface area contributed by atoms with Crippen LogP contribution in [0.2, 0.25) is 0 Å². The number of fused-ring (bicyclic) bond motifs is 1. The second-order valence-electron chi connectivity index (χ2n) is 7.87. The Hall–Kier alpha value is -3.37. The van der Waals surface area contributed by atoms with Crippen molar-refractivity contribution in [3.05, 3.63) is 46.8 Å². The predicted octanol–water partition coefficient (Wildman–Crippen LogP) is 3.60. The van der Waals surface area contributed by atoms with Crippen molar-refractivity contribution in [2.24, 2.45) is 5.73 Å². The number of carboxylic acids is 1. The van der Waals surface area contributed by atoms with Gasteiger partial charge in [-0.1, -0.05) is 6.92 Å². The van der Waals surface area contributed by atoms with E-state index in [0.29, 0.717) is 18.6 Å². The Morgan fingerprint density at radius 3 is 2.14 bits per heavy atom. The van der Waals surface area contributed by atoms with Crippen LogP contribution in [0.5, 0.6) is 0 Å². The topological polar surface area (TPSA) is 114 Å². The number of hydrogen-bond donors (Lipinski definition) is 2. The van der Waals surface area contributed by atoms with Gasteiger partial charge in [-0.15, -0.1) is 10.2 Å². The van der Waals surface area contributed by atoms with Gasteiger partial charge < -0.3 is 20.3 Å². The quantitative estimate of drug-likeness (QED) is 0.435. The monoisotopic (exact) mass is 549 g/mol. The number of aliphatic carboxylic acids is 1. The zero-order valence-electron chi connectivity index (χ0n) is 18.9. The van der Waals surface area contributed by atoms with Crippen molar-refractivity contribution >= 4 is 11.9 Å². The molecule has 1 amide bonds. The Kier molecular flexibility index (Phi) is 9.16. The maximum absolute atomic E-state index is 13.8. The Labute approximate surface area is 202 Å². The van der Waals surface area contributed by atoms with E-state index in [9.17, 15) is 44.3 Å². The summed E-state index contributed by atoms with van der Waals surface area (Å²) in [6.45, 7) is 1.56. The summed E-state index contributed by atoms with van der Waals surface area (Å²) in [6, 6.07) is -0.532. The Bertz CT molecular complexity index is 1130. The number of halogens is 9. The third-order valence-electron chi connectivity index (χ3n) is 5.23. The van der Waals surface area contributed by atoms with Crippen LogP contribution in [-0.2, 0) is 28.7 Å². The molecule has 206 valence electrons. The van der Waals surface area contributed by atoms with E-state index in [1.165, 1.54) is 4.90 Å². The fourth-order valence-electron chi connectivity index (χ4n) is 3.61. The molecule has 0 aliphatic carbocycles. The van der Waals surface area contributed by atoms with E-state index in [1.807, 2.05) is 0 Å². The molecule has 3 rings (SSSR count). The lowest BCUT2D eigenvalue weighted by Crippen LogP contribution is -2.45. The Balaban J connectivity index is 0.000000604. The average molecular weight is 549 g/mol. The maximum atomic E-state index is 13.8. The largest absolute Gasteiger partial charge is 0.490 e.